The van der Waals surface area contributed by atoms with Gasteiger partial charge in [0.25, 0.3) is 0 Å². The summed E-state index contributed by atoms with van der Waals surface area (Å²) in [5, 5.41) is 8.69. The number of allylic oxidation sites excluding steroid dienone is 7. The van der Waals surface area contributed by atoms with E-state index in [0.29, 0.717) is 18.5 Å². The molecule has 1 aliphatic rings. The van der Waals surface area contributed by atoms with Crippen molar-refractivity contribution in [3.8, 4) is 12.3 Å². The van der Waals surface area contributed by atoms with E-state index in [1.54, 1.807) is 27.9 Å². The second-order valence-corrected chi connectivity index (χ2v) is 8.74. The predicted octanol–water partition coefficient (Wildman–Crippen LogP) is 2.64. The second-order valence-electron chi connectivity index (χ2n) is 8.74. The number of carbonyl (C=O) groups is 3. The van der Waals surface area contributed by atoms with E-state index in [1.807, 2.05) is 43.4 Å². The lowest BCUT2D eigenvalue weighted by atomic mass is 9.83. The summed E-state index contributed by atoms with van der Waals surface area (Å²) in [6, 6.07) is 0. The number of amides is 3. The first kappa shape index (κ1) is 27.9. The summed E-state index contributed by atoms with van der Waals surface area (Å²) in [7, 11) is 3.31. The fourth-order valence-corrected chi connectivity index (χ4v) is 3.46. The van der Waals surface area contributed by atoms with E-state index in [1.165, 1.54) is 4.90 Å². The number of nitrogens with one attached hydrogen (secondary N) is 3. The molecule has 1 rings (SSSR count). The van der Waals surface area contributed by atoms with Gasteiger partial charge in [0, 0.05) is 31.3 Å². The maximum Gasteiger partial charge on any atom is 0.243 e. The number of nitrogens with zero attached hydrogens (tertiary/aromatic N) is 1. The highest BCUT2D eigenvalue weighted by molar-refractivity contribution is 5.90. The summed E-state index contributed by atoms with van der Waals surface area (Å²) in [4.78, 5) is 38.9. The lowest BCUT2D eigenvalue weighted by Gasteiger charge is -2.29. The van der Waals surface area contributed by atoms with Crippen LogP contribution >= 0.6 is 0 Å². The SMILES string of the molecule is C#CC/C=C\C=C(/C)NC(=O)CC1C=C(NC(=O)CN(C)C(=O)C(C)(C)NC)C=CC1CC. The van der Waals surface area contributed by atoms with E-state index in [-0.39, 0.29) is 36.1 Å². The van der Waals surface area contributed by atoms with Crippen LogP contribution < -0.4 is 16.0 Å². The number of hydrogen-bond donors (Lipinski definition) is 3. The molecule has 7 nitrogen and oxygen atoms in total. The third-order valence-electron chi connectivity index (χ3n) is 5.58. The summed E-state index contributed by atoms with van der Waals surface area (Å²) in [6.07, 6.45) is 18.2. The summed E-state index contributed by atoms with van der Waals surface area (Å²) in [6.45, 7) is 7.37. The summed E-state index contributed by atoms with van der Waals surface area (Å²) in [5.41, 5.74) is 0.623. The highest BCUT2D eigenvalue weighted by atomic mass is 16.2. The predicted molar refractivity (Wildman–Crippen MR) is 133 cm³/mol. The van der Waals surface area contributed by atoms with Gasteiger partial charge in [0.05, 0.1) is 12.1 Å². The van der Waals surface area contributed by atoms with Crippen LogP contribution in [0.1, 0.15) is 47.0 Å². The number of rotatable bonds is 11. The molecule has 0 heterocycles. The minimum atomic E-state index is -0.754. The Morgan fingerprint density at radius 1 is 1.24 bits per heavy atom. The van der Waals surface area contributed by atoms with E-state index >= 15 is 0 Å². The van der Waals surface area contributed by atoms with Crippen LogP contribution in [0.3, 0.4) is 0 Å². The minimum absolute atomic E-state index is 0.0392. The van der Waals surface area contributed by atoms with Crippen LogP contribution in [0.4, 0.5) is 0 Å². The first-order valence-electron chi connectivity index (χ1n) is 11.2. The molecule has 3 N–H and O–H groups in total. The van der Waals surface area contributed by atoms with Crippen molar-refractivity contribution in [2.75, 3.05) is 20.6 Å². The standard InChI is InChI=1S/C26H38N4O3/c1-8-10-11-12-13-19(3)28-23(31)17-21-16-22(15-14-20(21)9-2)29-24(32)18-30(7)25(33)26(4,5)27-6/h1,11-16,20-21,27H,9-10,17-18H2,2-7H3,(H,28,31)(H,29,32)/b12-11-,19-13+. The third-order valence-corrected chi connectivity index (χ3v) is 5.58. The van der Waals surface area contributed by atoms with E-state index in [9.17, 15) is 14.4 Å². The Morgan fingerprint density at radius 3 is 2.55 bits per heavy atom. The van der Waals surface area contributed by atoms with Gasteiger partial charge in [-0.2, -0.15) is 0 Å². The second kappa shape index (κ2) is 13.4. The van der Waals surface area contributed by atoms with Gasteiger partial charge in [0.15, 0.2) is 0 Å². The van der Waals surface area contributed by atoms with Crippen molar-refractivity contribution in [3.63, 3.8) is 0 Å². The molecule has 0 saturated carbocycles. The maximum atomic E-state index is 12.5. The van der Waals surface area contributed by atoms with Gasteiger partial charge in [-0.15, -0.1) is 12.3 Å². The Bertz CT molecular complexity index is 874. The van der Waals surface area contributed by atoms with Gasteiger partial charge in [-0.1, -0.05) is 31.2 Å². The van der Waals surface area contributed by atoms with Crippen molar-refractivity contribution in [2.24, 2.45) is 11.8 Å². The summed E-state index contributed by atoms with van der Waals surface area (Å²) >= 11 is 0. The first-order chi connectivity index (χ1) is 15.5. The Hall–Kier alpha value is -3.11. The lowest BCUT2D eigenvalue weighted by molar-refractivity contribution is -0.138. The van der Waals surface area contributed by atoms with Crippen LogP contribution in [0.25, 0.3) is 0 Å². The molecule has 33 heavy (non-hydrogen) atoms. The topological polar surface area (TPSA) is 90.5 Å². The molecule has 3 amide bonds. The molecule has 0 aromatic rings. The Kier molecular flexibility index (Phi) is 11.4. The highest BCUT2D eigenvalue weighted by Gasteiger charge is 2.29. The minimum Gasteiger partial charge on any atom is -0.335 e. The summed E-state index contributed by atoms with van der Waals surface area (Å²) in [5.74, 6) is 2.14. The monoisotopic (exact) mass is 454 g/mol. The molecule has 0 aromatic heterocycles. The van der Waals surface area contributed by atoms with Crippen molar-refractivity contribution in [1.82, 2.24) is 20.9 Å². The van der Waals surface area contributed by atoms with Crippen LogP contribution in [0.15, 0.2) is 47.9 Å². The molecule has 1 aliphatic carbocycles. The summed E-state index contributed by atoms with van der Waals surface area (Å²) < 4.78 is 0. The number of terminal acetylenes is 1. The Balaban J connectivity index is 2.75. The van der Waals surface area contributed by atoms with Crippen LogP contribution in [0.2, 0.25) is 0 Å². The van der Waals surface area contributed by atoms with Crippen molar-refractivity contribution in [1.29, 1.82) is 0 Å². The molecule has 0 radical (unpaired) electrons. The Labute approximate surface area is 198 Å². The molecule has 7 heteroatoms. The number of hydrogen-bond acceptors (Lipinski definition) is 4. The zero-order valence-corrected chi connectivity index (χ0v) is 20.7. The molecule has 2 unspecified atom stereocenters. The molecule has 0 fully saturated rings. The average Bonchev–Trinajstić information content (AvgIpc) is 2.76. The maximum absolute atomic E-state index is 12.5. The van der Waals surface area contributed by atoms with Gasteiger partial charge >= 0.3 is 0 Å². The van der Waals surface area contributed by atoms with E-state index in [2.05, 4.69) is 28.8 Å². The van der Waals surface area contributed by atoms with Gasteiger partial charge in [-0.3, -0.25) is 14.4 Å². The van der Waals surface area contributed by atoms with Gasteiger partial charge in [0.1, 0.15) is 0 Å². The third kappa shape index (κ3) is 9.50. The van der Waals surface area contributed by atoms with E-state index < -0.39 is 5.54 Å². The van der Waals surface area contributed by atoms with Crippen LogP contribution in [0, 0.1) is 24.2 Å². The molecule has 0 bridgehead atoms. The van der Waals surface area contributed by atoms with Gasteiger partial charge in [0.2, 0.25) is 17.7 Å². The molecule has 0 saturated heterocycles. The van der Waals surface area contributed by atoms with E-state index in [4.69, 9.17) is 6.42 Å². The van der Waals surface area contributed by atoms with Crippen molar-refractivity contribution in [2.45, 2.75) is 52.5 Å². The van der Waals surface area contributed by atoms with Gasteiger partial charge in [-0.05, 0) is 58.2 Å². The molecular formula is C26H38N4O3. The quantitative estimate of drug-likeness (QED) is 0.331. The van der Waals surface area contributed by atoms with Crippen molar-refractivity contribution in [3.05, 3.63) is 47.9 Å². The highest BCUT2D eigenvalue weighted by Crippen LogP contribution is 2.27. The molecule has 0 aliphatic heterocycles. The number of carbonyl (C=O) groups excluding carboxylic acids is 3. The van der Waals surface area contributed by atoms with E-state index in [0.717, 1.165) is 12.1 Å². The smallest absolute Gasteiger partial charge is 0.243 e. The van der Waals surface area contributed by atoms with Gasteiger partial charge in [-0.25, -0.2) is 0 Å². The molecule has 0 spiro atoms. The largest absolute Gasteiger partial charge is 0.335 e. The van der Waals surface area contributed by atoms with Crippen molar-refractivity contribution < 1.29 is 14.4 Å². The number of likely N-dealkylation sites (N-methyl/N-ethyl adjacent to an activating group) is 2. The average molecular weight is 455 g/mol. The van der Waals surface area contributed by atoms with Crippen LogP contribution in [-0.4, -0.2) is 48.8 Å². The first-order valence-corrected chi connectivity index (χ1v) is 11.2. The lowest BCUT2D eigenvalue weighted by Crippen LogP contribution is -2.53. The normalized spacial score (nSPS) is 18.5. The fraction of sp³-hybridized carbons (Fsp3) is 0.500. The Morgan fingerprint density at radius 2 is 1.94 bits per heavy atom. The zero-order valence-electron chi connectivity index (χ0n) is 20.7. The zero-order chi connectivity index (χ0) is 25.0. The molecule has 0 aromatic carbocycles. The van der Waals surface area contributed by atoms with Gasteiger partial charge < -0.3 is 20.9 Å². The van der Waals surface area contributed by atoms with Crippen LogP contribution in [0.5, 0.6) is 0 Å². The molecule has 180 valence electrons. The van der Waals surface area contributed by atoms with Crippen LogP contribution in [-0.2, 0) is 14.4 Å². The molecule has 2 atom stereocenters. The van der Waals surface area contributed by atoms with Crippen molar-refractivity contribution >= 4 is 17.7 Å². The fourth-order valence-electron chi connectivity index (χ4n) is 3.46. The molecular weight excluding hydrogens is 416 g/mol.